The van der Waals surface area contributed by atoms with E-state index in [0.717, 1.165) is 13.0 Å². The first-order chi connectivity index (χ1) is 5.43. The van der Waals surface area contributed by atoms with Crippen LogP contribution in [0.3, 0.4) is 0 Å². The van der Waals surface area contributed by atoms with Gasteiger partial charge in [-0.15, -0.1) is 5.92 Å². The van der Waals surface area contributed by atoms with Gasteiger partial charge in [-0.1, -0.05) is 17.6 Å². The molecule has 0 radical (unpaired) electrons. The topological polar surface area (TPSA) is 12.0 Å². The number of hydrogen-bond acceptors (Lipinski definition) is 1. The third-order valence-corrected chi connectivity index (χ3v) is 1.87. The summed E-state index contributed by atoms with van der Waals surface area (Å²) >= 11 is 0. The average Bonchev–Trinajstić information content (AvgIpc) is 2.07. The van der Waals surface area contributed by atoms with Gasteiger partial charge < -0.3 is 5.32 Å². The fourth-order valence-corrected chi connectivity index (χ4v) is 1.25. The Bertz CT molecular complexity index is 185. The van der Waals surface area contributed by atoms with Crippen LogP contribution in [0.5, 0.6) is 0 Å². The summed E-state index contributed by atoms with van der Waals surface area (Å²) in [6.07, 6.45) is 5.72. The maximum absolute atomic E-state index is 3.35. The normalized spacial score (nSPS) is 21.0. The Labute approximate surface area is 68.9 Å². The first kappa shape index (κ1) is 8.36. The SMILES string of the molecule is CC#CC/C=C1/CCCNC1. The van der Waals surface area contributed by atoms with Crippen LogP contribution in [0.4, 0.5) is 0 Å². The van der Waals surface area contributed by atoms with Crippen LogP contribution in [0.2, 0.25) is 0 Å². The zero-order chi connectivity index (χ0) is 7.94. The minimum absolute atomic E-state index is 0.924. The molecular weight excluding hydrogens is 134 g/mol. The Balaban J connectivity index is 2.30. The minimum atomic E-state index is 0.924. The van der Waals surface area contributed by atoms with Crippen molar-refractivity contribution in [2.45, 2.75) is 26.2 Å². The third kappa shape index (κ3) is 3.25. The van der Waals surface area contributed by atoms with E-state index in [1.54, 1.807) is 0 Å². The molecule has 0 aromatic rings. The molecule has 1 rings (SSSR count). The van der Waals surface area contributed by atoms with E-state index in [2.05, 4.69) is 23.2 Å². The standard InChI is InChI=1S/C10H15N/c1-2-3-4-6-10-7-5-8-11-9-10/h6,11H,4-5,7-9H2,1H3/b10-6-. The van der Waals surface area contributed by atoms with E-state index in [-0.39, 0.29) is 0 Å². The van der Waals surface area contributed by atoms with E-state index >= 15 is 0 Å². The maximum Gasteiger partial charge on any atom is 0.0272 e. The highest BCUT2D eigenvalue weighted by Gasteiger charge is 2.01. The highest BCUT2D eigenvalue weighted by Crippen LogP contribution is 2.08. The molecule has 0 amide bonds. The van der Waals surface area contributed by atoms with Gasteiger partial charge in [0.15, 0.2) is 0 Å². The van der Waals surface area contributed by atoms with Crippen LogP contribution in [0.25, 0.3) is 0 Å². The van der Waals surface area contributed by atoms with Crippen molar-refractivity contribution in [3.63, 3.8) is 0 Å². The Hall–Kier alpha value is -0.740. The molecule has 1 heteroatoms. The lowest BCUT2D eigenvalue weighted by atomic mass is 10.1. The zero-order valence-electron chi connectivity index (χ0n) is 7.11. The fourth-order valence-electron chi connectivity index (χ4n) is 1.25. The zero-order valence-corrected chi connectivity index (χ0v) is 7.11. The summed E-state index contributed by atoms with van der Waals surface area (Å²) in [5.74, 6) is 5.93. The molecule has 0 unspecified atom stereocenters. The van der Waals surface area contributed by atoms with Gasteiger partial charge in [0.2, 0.25) is 0 Å². The van der Waals surface area contributed by atoms with Crippen LogP contribution in [0.15, 0.2) is 11.6 Å². The van der Waals surface area contributed by atoms with Gasteiger partial charge in [0, 0.05) is 13.0 Å². The highest BCUT2D eigenvalue weighted by atomic mass is 14.9. The average molecular weight is 149 g/mol. The Morgan fingerprint density at radius 3 is 3.18 bits per heavy atom. The van der Waals surface area contributed by atoms with Crippen molar-refractivity contribution in [1.82, 2.24) is 5.32 Å². The summed E-state index contributed by atoms with van der Waals surface area (Å²) in [7, 11) is 0. The van der Waals surface area contributed by atoms with Gasteiger partial charge in [0.1, 0.15) is 0 Å². The Kier molecular flexibility index (Phi) is 3.79. The predicted molar refractivity (Wildman–Crippen MR) is 48.3 cm³/mol. The van der Waals surface area contributed by atoms with Crippen molar-refractivity contribution >= 4 is 0 Å². The van der Waals surface area contributed by atoms with Crippen LogP contribution in [0.1, 0.15) is 26.2 Å². The lowest BCUT2D eigenvalue weighted by Crippen LogP contribution is -2.23. The van der Waals surface area contributed by atoms with E-state index in [1.165, 1.54) is 25.0 Å². The van der Waals surface area contributed by atoms with Crippen molar-refractivity contribution < 1.29 is 0 Å². The van der Waals surface area contributed by atoms with Crippen LogP contribution >= 0.6 is 0 Å². The van der Waals surface area contributed by atoms with E-state index in [4.69, 9.17) is 0 Å². The van der Waals surface area contributed by atoms with Crippen LogP contribution in [0, 0.1) is 11.8 Å². The fraction of sp³-hybridized carbons (Fsp3) is 0.600. The first-order valence-electron chi connectivity index (χ1n) is 4.21. The molecule has 0 saturated carbocycles. The monoisotopic (exact) mass is 149 g/mol. The molecule has 0 aliphatic carbocycles. The third-order valence-electron chi connectivity index (χ3n) is 1.87. The first-order valence-corrected chi connectivity index (χ1v) is 4.21. The number of nitrogens with one attached hydrogen (secondary N) is 1. The summed E-state index contributed by atoms with van der Waals surface area (Å²) < 4.78 is 0. The number of rotatable bonds is 1. The molecule has 0 spiro atoms. The lowest BCUT2D eigenvalue weighted by Gasteiger charge is -2.14. The van der Waals surface area contributed by atoms with Crippen LogP contribution in [-0.2, 0) is 0 Å². The van der Waals surface area contributed by atoms with E-state index < -0.39 is 0 Å². The molecule has 0 atom stereocenters. The molecule has 0 aromatic carbocycles. The van der Waals surface area contributed by atoms with E-state index in [9.17, 15) is 0 Å². The molecule has 1 aliphatic heterocycles. The van der Waals surface area contributed by atoms with Crippen molar-refractivity contribution in [2.75, 3.05) is 13.1 Å². The molecule has 1 fully saturated rings. The van der Waals surface area contributed by atoms with Crippen molar-refractivity contribution in [1.29, 1.82) is 0 Å². The van der Waals surface area contributed by atoms with Gasteiger partial charge in [-0.05, 0) is 26.3 Å². The number of piperidine rings is 1. The smallest absolute Gasteiger partial charge is 0.0272 e. The lowest BCUT2D eigenvalue weighted by molar-refractivity contribution is 0.608. The molecule has 1 saturated heterocycles. The highest BCUT2D eigenvalue weighted by molar-refractivity contribution is 5.11. The van der Waals surface area contributed by atoms with Crippen LogP contribution < -0.4 is 5.32 Å². The number of hydrogen-bond donors (Lipinski definition) is 1. The molecule has 1 heterocycles. The largest absolute Gasteiger partial charge is 0.313 e. The van der Waals surface area contributed by atoms with Crippen molar-refractivity contribution in [2.24, 2.45) is 0 Å². The van der Waals surface area contributed by atoms with Crippen LogP contribution in [-0.4, -0.2) is 13.1 Å². The van der Waals surface area contributed by atoms with Gasteiger partial charge in [-0.3, -0.25) is 0 Å². The summed E-state index contributed by atoms with van der Waals surface area (Å²) in [6.45, 7) is 4.14. The molecule has 60 valence electrons. The number of allylic oxidation sites excluding steroid dienone is 1. The Morgan fingerprint density at radius 2 is 2.55 bits per heavy atom. The second kappa shape index (κ2) is 4.98. The second-order valence-electron chi connectivity index (χ2n) is 2.77. The summed E-state index contributed by atoms with van der Waals surface area (Å²) in [4.78, 5) is 0. The van der Waals surface area contributed by atoms with E-state index in [0.29, 0.717) is 0 Å². The summed E-state index contributed by atoms with van der Waals surface area (Å²) in [6, 6.07) is 0. The van der Waals surface area contributed by atoms with Gasteiger partial charge in [0.05, 0.1) is 0 Å². The molecule has 11 heavy (non-hydrogen) atoms. The maximum atomic E-state index is 3.35. The molecule has 0 aromatic heterocycles. The second-order valence-corrected chi connectivity index (χ2v) is 2.77. The molecule has 1 aliphatic rings. The molecule has 1 N–H and O–H groups in total. The van der Waals surface area contributed by atoms with Gasteiger partial charge in [-0.25, -0.2) is 0 Å². The van der Waals surface area contributed by atoms with E-state index in [1.807, 2.05) is 6.92 Å². The van der Waals surface area contributed by atoms with Gasteiger partial charge >= 0.3 is 0 Å². The quantitative estimate of drug-likeness (QED) is 0.442. The summed E-state index contributed by atoms with van der Waals surface area (Å²) in [5, 5.41) is 3.35. The van der Waals surface area contributed by atoms with Gasteiger partial charge in [0.25, 0.3) is 0 Å². The van der Waals surface area contributed by atoms with Gasteiger partial charge in [-0.2, -0.15) is 0 Å². The molecular formula is C10H15N. The molecule has 0 bridgehead atoms. The Morgan fingerprint density at radius 1 is 1.64 bits per heavy atom. The van der Waals surface area contributed by atoms with Crippen molar-refractivity contribution in [3.8, 4) is 11.8 Å². The summed E-state index contributed by atoms with van der Waals surface area (Å²) in [5.41, 5.74) is 1.53. The molecule has 1 nitrogen and oxygen atoms in total. The van der Waals surface area contributed by atoms with Crippen molar-refractivity contribution in [3.05, 3.63) is 11.6 Å². The minimum Gasteiger partial charge on any atom is -0.313 e. The predicted octanol–water partition coefficient (Wildman–Crippen LogP) is 1.71.